The molecular weight excluding hydrogens is 470 g/mol. The Morgan fingerprint density at radius 2 is 1.75 bits per heavy atom. The lowest BCUT2D eigenvalue weighted by atomic mass is 10.2. The number of hydrogen-bond donors (Lipinski definition) is 2. The molecule has 7 nitrogen and oxygen atoms in total. The maximum atomic E-state index is 13.1. The number of para-hydroxylation sites is 1. The zero-order valence-corrected chi connectivity index (χ0v) is 19.4. The number of primary amides is 1. The SMILES string of the molecule is CN(c1cccc(Cl)c1)S(=O)(=O)c1cccc(C(=O)Nc2ccccc2SCC(N)=O)c1. The molecule has 3 rings (SSSR count). The van der Waals surface area contributed by atoms with Crippen LogP contribution in [0.2, 0.25) is 5.02 Å². The lowest BCUT2D eigenvalue weighted by molar-refractivity contribution is -0.115. The highest BCUT2D eigenvalue weighted by molar-refractivity contribution is 8.00. The summed E-state index contributed by atoms with van der Waals surface area (Å²) in [5.41, 5.74) is 6.26. The van der Waals surface area contributed by atoms with E-state index in [9.17, 15) is 18.0 Å². The summed E-state index contributed by atoms with van der Waals surface area (Å²) in [5.74, 6) is -0.895. The maximum absolute atomic E-state index is 13.1. The molecule has 3 N–H and O–H groups in total. The van der Waals surface area contributed by atoms with E-state index < -0.39 is 21.8 Å². The van der Waals surface area contributed by atoms with Crippen LogP contribution in [0.25, 0.3) is 0 Å². The van der Waals surface area contributed by atoms with Crippen LogP contribution < -0.4 is 15.4 Å². The highest BCUT2D eigenvalue weighted by Crippen LogP contribution is 2.28. The molecule has 0 radical (unpaired) electrons. The van der Waals surface area contributed by atoms with E-state index in [2.05, 4.69) is 5.32 Å². The summed E-state index contributed by atoms with van der Waals surface area (Å²) in [6, 6.07) is 19.2. The first-order valence-corrected chi connectivity index (χ1v) is 12.1. The van der Waals surface area contributed by atoms with Crippen molar-refractivity contribution >= 4 is 56.6 Å². The molecular formula is C22H20ClN3O4S2. The van der Waals surface area contributed by atoms with Crippen LogP contribution in [0, 0.1) is 0 Å². The van der Waals surface area contributed by atoms with Crippen molar-refractivity contribution in [2.75, 3.05) is 22.4 Å². The number of nitrogens with one attached hydrogen (secondary N) is 1. The molecule has 0 unspecified atom stereocenters. The monoisotopic (exact) mass is 489 g/mol. The third kappa shape index (κ3) is 5.61. The first-order valence-electron chi connectivity index (χ1n) is 9.34. The molecule has 0 aliphatic carbocycles. The zero-order valence-electron chi connectivity index (χ0n) is 17.0. The van der Waals surface area contributed by atoms with Crippen LogP contribution in [-0.4, -0.2) is 33.0 Å². The predicted molar refractivity (Wildman–Crippen MR) is 128 cm³/mol. The van der Waals surface area contributed by atoms with Gasteiger partial charge in [0.05, 0.1) is 22.0 Å². The topological polar surface area (TPSA) is 110 Å². The van der Waals surface area contributed by atoms with Crippen molar-refractivity contribution < 1.29 is 18.0 Å². The normalized spacial score (nSPS) is 11.1. The van der Waals surface area contributed by atoms with Gasteiger partial charge in [-0.25, -0.2) is 8.42 Å². The molecule has 0 saturated carbocycles. The second-order valence-corrected chi connectivity index (χ2v) is 10.1. The standard InChI is InChI=1S/C22H20ClN3O4S2/c1-26(17-8-5-7-16(23)13-17)32(29,30)18-9-4-6-15(12-18)22(28)25-19-10-2-3-11-20(19)31-14-21(24)27/h2-13H,14H2,1H3,(H2,24,27)(H,25,28). The summed E-state index contributed by atoms with van der Waals surface area (Å²) in [6.07, 6.45) is 0. The van der Waals surface area contributed by atoms with Crippen molar-refractivity contribution in [2.24, 2.45) is 5.73 Å². The number of thioether (sulfide) groups is 1. The van der Waals surface area contributed by atoms with E-state index in [4.69, 9.17) is 17.3 Å². The van der Waals surface area contributed by atoms with Crippen LogP contribution in [0.15, 0.2) is 82.6 Å². The minimum atomic E-state index is -3.92. The molecule has 0 aromatic heterocycles. The Bertz CT molecular complexity index is 1270. The summed E-state index contributed by atoms with van der Waals surface area (Å²) < 4.78 is 27.3. The molecule has 0 aliphatic heterocycles. The number of amides is 2. The number of halogens is 1. The van der Waals surface area contributed by atoms with Gasteiger partial charge in [-0.1, -0.05) is 35.9 Å². The number of carbonyl (C=O) groups excluding carboxylic acids is 2. The van der Waals surface area contributed by atoms with Crippen molar-refractivity contribution in [3.63, 3.8) is 0 Å². The lowest BCUT2D eigenvalue weighted by Gasteiger charge is -2.20. The summed E-state index contributed by atoms with van der Waals surface area (Å²) in [7, 11) is -2.51. The quantitative estimate of drug-likeness (QED) is 0.465. The molecule has 0 atom stereocenters. The second-order valence-electron chi connectivity index (χ2n) is 6.69. The highest BCUT2D eigenvalue weighted by atomic mass is 35.5. The molecule has 10 heteroatoms. The fourth-order valence-corrected chi connectivity index (χ4v) is 4.97. The Labute approximate surface area is 195 Å². The first-order chi connectivity index (χ1) is 15.2. The van der Waals surface area contributed by atoms with Gasteiger partial charge in [-0.2, -0.15) is 0 Å². The van der Waals surface area contributed by atoms with E-state index in [0.717, 1.165) is 4.31 Å². The van der Waals surface area contributed by atoms with Gasteiger partial charge in [-0.05, 0) is 48.5 Å². The third-order valence-corrected chi connectivity index (χ3v) is 7.54. The van der Waals surface area contributed by atoms with Crippen molar-refractivity contribution in [3.05, 3.63) is 83.4 Å². The molecule has 2 amide bonds. The number of nitrogens with zero attached hydrogens (tertiary/aromatic N) is 1. The number of rotatable bonds is 8. The molecule has 0 fully saturated rings. The van der Waals surface area contributed by atoms with Crippen molar-refractivity contribution in [2.45, 2.75) is 9.79 Å². The number of carbonyl (C=O) groups is 2. The van der Waals surface area contributed by atoms with E-state index in [1.165, 1.54) is 49.1 Å². The molecule has 0 aliphatic rings. The highest BCUT2D eigenvalue weighted by Gasteiger charge is 2.23. The summed E-state index contributed by atoms with van der Waals surface area (Å²) in [4.78, 5) is 24.5. The second kappa shape index (κ2) is 10.1. The van der Waals surface area contributed by atoms with Crippen molar-refractivity contribution in [1.82, 2.24) is 0 Å². The van der Waals surface area contributed by atoms with Crippen LogP contribution in [0.4, 0.5) is 11.4 Å². The summed E-state index contributed by atoms with van der Waals surface area (Å²) in [5, 5.41) is 3.17. The van der Waals surface area contributed by atoms with Crippen molar-refractivity contribution in [3.8, 4) is 0 Å². The molecule has 166 valence electrons. The number of benzene rings is 3. The Hall–Kier alpha value is -3.01. The van der Waals surface area contributed by atoms with Crippen LogP contribution >= 0.6 is 23.4 Å². The molecule has 32 heavy (non-hydrogen) atoms. The number of hydrogen-bond acceptors (Lipinski definition) is 5. The van der Waals surface area contributed by atoms with Gasteiger partial charge < -0.3 is 11.1 Å². The summed E-state index contributed by atoms with van der Waals surface area (Å²) in [6.45, 7) is 0. The van der Waals surface area contributed by atoms with E-state index in [1.54, 1.807) is 42.5 Å². The molecule has 0 saturated heterocycles. The minimum Gasteiger partial charge on any atom is -0.369 e. The van der Waals surface area contributed by atoms with Crippen LogP contribution in [0.1, 0.15) is 10.4 Å². The predicted octanol–water partition coefficient (Wildman–Crippen LogP) is 3.99. The Morgan fingerprint density at radius 3 is 2.47 bits per heavy atom. The zero-order chi connectivity index (χ0) is 23.3. The summed E-state index contributed by atoms with van der Waals surface area (Å²) >= 11 is 7.18. The van der Waals surface area contributed by atoms with E-state index in [1.807, 2.05) is 0 Å². The van der Waals surface area contributed by atoms with Gasteiger partial charge in [-0.15, -0.1) is 11.8 Å². The van der Waals surface area contributed by atoms with Gasteiger partial charge in [0, 0.05) is 22.5 Å². The fourth-order valence-electron chi connectivity index (χ4n) is 2.81. The van der Waals surface area contributed by atoms with E-state index in [-0.39, 0.29) is 16.2 Å². The number of sulfonamides is 1. The lowest BCUT2D eigenvalue weighted by Crippen LogP contribution is -2.26. The number of anilines is 2. The third-order valence-electron chi connectivity index (χ3n) is 4.43. The number of nitrogens with two attached hydrogens (primary N) is 1. The molecule has 3 aromatic carbocycles. The average Bonchev–Trinajstić information content (AvgIpc) is 2.78. The Morgan fingerprint density at radius 1 is 1.03 bits per heavy atom. The van der Waals surface area contributed by atoms with Crippen LogP contribution in [-0.2, 0) is 14.8 Å². The Balaban J connectivity index is 1.85. The molecule has 3 aromatic rings. The van der Waals surface area contributed by atoms with E-state index in [0.29, 0.717) is 21.3 Å². The van der Waals surface area contributed by atoms with Gasteiger partial charge >= 0.3 is 0 Å². The first kappa shape index (κ1) is 23.6. The molecule has 0 heterocycles. The van der Waals surface area contributed by atoms with Gasteiger partial charge in [0.15, 0.2) is 0 Å². The van der Waals surface area contributed by atoms with E-state index >= 15 is 0 Å². The average molecular weight is 490 g/mol. The van der Waals surface area contributed by atoms with Gasteiger partial charge in [0.25, 0.3) is 15.9 Å². The minimum absolute atomic E-state index is 0.0379. The van der Waals surface area contributed by atoms with Crippen LogP contribution in [0.3, 0.4) is 0 Å². The largest absolute Gasteiger partial charge is 0.369 e. The molecule has 0 spiro atoms. The van der Waals surface area contributed by atoms with Gasteiger partial charge in [-0.3, -0.25) is 13.9 Å². The van der Waals surface area contributed by atoms with Gasteiger partial charge in [0.2, 0.25) is 5.91 Å². The van der Waals surface area contributed by atoms with Gasteiger partial charge in [0.1, 0.15) is 0 Å². The smallest absolute Gasteiger partial charge is 0.264 e. The van der Waals surface area contributed by atoms with Crippen LogP contribution in [0.5, 0.6) is 0 Å². The molecule has 0 bridgehead atoms. The fraction of sp³-hybridized carbons (Fsp3) is 0.0909. The maximum Gasteiger partial charge on any atom is 0.264 e. The van der Waals surface area contributed by atoms with Crippen molar-refractivity contribution in [1.29, 1.82) is 0 Å². The Kier molecular flexibility index (Phi) is 7.44.